The number of carbonyl (C=O) groups is 1. The lowest BCUT2D eigenvalue weighted by Crippen LogP contribution is -2.35. The zero-order valence-electron chi connectivity index (χ0n) is 13.5. The summed E-state index contributed by atoms with van der Waals surface area (Å²) in [5.74, 6) is 0.933. The highest BCUT2D eigenvalue weighted by molar-refractivity contribution is 5.77. The standard InChI is InChI=1S/C16H22N4O3/c1-20(11-14(21)17-9-6-10-22-2)12-15-18-19-16(23-15)13-7-4-3-5-8-13/h3-5,7-8H,6,9-12H2,1-2H3,(H,17,21). The first-order valence-corrected chi connectivity index (χ1v) is 7.51. The summed E-state index contributed by atoms with van der Waals surface area (Å²) in [5, 5.41) is 10.9. The van der Waals surface area contributed by atoms with Crippen molar-refractivity contribution in [1.29, 1.82) is 0 Å². The van der Waals surface area contributed by atoms with E-state index in [1.807, 2.05) is 42.3 Å². The van der Waals surface area contributed by atoms with E-state index in [9.17, 15) is 4.79 Å². The van der Waals surface area contributed by atoms with Crippen LogP contribution in [0.4, 0.5) is 0 Å². The molecule has 0 spiro atoms. The predicted octanol–water partition coefficient (Wildman–Crippen LogP) is 1.32. The molecule has 2 rings (SSSR count). The normalized spacial score (nSPS) is 10.9. The van der Waals surface area contributed by atoms with E-state index in [1.165, 1.54) is 0 Å². The molecular formula is C16H22N4O3. The molecule has 124 valence electrons. The molecule has 0 bridgehead atoms. The van der Waals surface area contributed by atoms with Gasteiger partial charge in [-0.15, -0.1) is 10.2 Å². The van der Waals surface area contributed by atoms with E-state index in [1.54, 1.807) is 7.11 Å². The smallest absolute Gasteiger partial charge is 0.247 e. The highest BCUT2D eigenvalue weighted by Crippen LogP contribution is 2.17. The summed E-state index contributed by atoms with van der Waals surface area (Å²) in [5.41, 5.74) is 0.879. The largest absolute Gasteiger partial charge is 0.419 e. The monoisotopic (exact) mass is 318 g/mol. The first-order chi connectivity index (χ1) is 11.2. The Morgan fingerprint density at radius 1 is 1.30 bits per heavy atom. The van der Waals surface area contributed by atoms with Gasteiger partial charge in [0.25, 0.3) is 0 Å². The first kappa shape index (κ1) is 17.1. The van der Waals surface area contributed by atoms with Crippen LogP contribution in [0, 0.1) is 0 Å². The van der Waals surface area contributed by atoms with Gasteiger partial charge in [0.15, 0.2) is 0 Å². The van der Waals surface area contributed by atoms with Gasteiger partial charge in [0, 0.05) is 25.8 Å². The van der Waals surface area contributed by atoms with E-state index in [4.69, 9.17) is 9.15 Å². The van der Waals surface area contributed by atoms with Crippen LogP contribution in [0.2, 0.25) is 0 Å². The van der Waals surface area contributed by atoms with Crippen LogP contribution in [0.15, 0.2) is 34.7 Å². The van der Waals surface area contributed by atoms with Gasteiger partial charge >= 0.3 is 0 Å². The van der Waals surface area contributed by atoms with Crippen molar-refractivity contribution in [2.75, 3.05) is 33.9 Å². The number of benzene rings is 1. The van der Waals surface area contributed by atoms with Gasteiger partial charge in [-0.1, -0.05) is 18.2 Å². The molecular weight excluding hydrogens is 296 g/mol. The zero-order valence-corrected chi connectivity index (χ0v) is 13.5. The van der Waals surface area contributed by atoms with Crippen LogP contribution in [0.1, 0.15) is 12.3 Å². The highest BCUT2D eigenvalue weighted by atomic mass is 16.5. The Balaban J connectivity index is 1.78. The van der Waals surface area contributed by atoms with Gasteiger partial charge in [-0.3, -0.25) is 9.69 Å². The van der Waals surface area contributed by atoms with Crippen LogP contribution in [0.25, 0.3) is 11.5 Å². The number of nitrogens with zero attached hydrogens (tertiary/aromatic N) is 3. The van der Waals surface area contributed by atoms with E-state index in [0.29, 0.717) is 31.5 Å². The van der Waals surface area contributed by atoms with E-state index in [0.717, 1.165) is 12.0 Å². The van der Waals surface area contributed by atoms with E-state index in [2.05, 4.69) is 15.5 Å². The van der Waals surface area contributed by atoms with Crippen molar-refractivity contribution in [3.05, 3.63) is 36.2 Å². The van der Waals surface area contributed by atoms with E-state index < -0.39 is 0 Å². The molecule has 1 aromatic carbocycles. The van der Waals surface area contributed by atoms with E-state index >= 15 is 0 Å². The van der Waals surface area contributed by atoms with Crippen molar-refractivity contribution in [2.45, 2.75) is 13.0 Å². The molecule has 1 heterocycles. The summed E-state index contributed by atoms with van der Waals surface area (Å²) in [6, 6.07) is 9.58. The topological polar surface area (TPSA) is 80.5 Å². The van der Waals surface area contributed by atoms with Crippen LogP contribution in [-0.4, -0.2) is 54.9 Å². The zero-order chi connectivity index (χ0) is 16.5. The number of hydrogen-bond donors (Lipinski definition) is 1. The third kappa shape index (κ3) is 5.80. The maximum atomic E-state index is 11.8. The molecule has 0 aliphatic rings. The van der Waals surface area contributed by atoms with Crippen molar-refractivity contribution in [2.24, 2.45) is 0 Å². The lowest BCUT2D eigenvalue weighted by molar-refractivity contribution is -0.122. The molecule has 1 aromatic heterocycles. The Kier molecular flexibility index (Phi) is 6.71. The molecule has 1 N–H and O–H groups in total. The molecule has 23 heavy (non-hydrogen) atoms. The number of amides is 1. The Labute approximate surface area is 135 Å². The summed E-state index contributed by atoms with van der Waals surface area (Å²) in [4.78, 5) is 13.6. The molecule has 0 radical (unpaired) electrons. The van der Waals surface area contributed by atoms with Gasteiger partial charge in [0.1, 0.15) is 0 Å². The summed E-state index contributed by atoms with van der Waals surface area (Å²) in [6.45, 7) is 1.95. The van der Waals surface area contributed by atoms with Gasteiger partial charge in [-0.25, -0.2) is 0 Å². The Morgan fingerprint density at radius 3 is 2.83 bits per heavy atom. The van der Waals surface area contributed by atoms with Gasteiger partial charge in [-0.05, 0) is 25.6 Å². The minimum atomic E-state index is -0.0357. The quantitative estimate of drug-likeness (QED) is 0.702. The number of rotatable bonds is 9. The second-order valence-corrected chi connectivity index (χ2v) is 5.24. The predicted molar refractivity (Wildman–Crippen MR) is 85.6 cm³/mol. The van der Waals surface area contributed by atoms with Gasteiger partial charge in [-0.2, -0.15) is 0 Å². The first-order valence-electron chi connectivity index (χ1n) is 7.51. The molecule has 0 atom stereocenters. The minimum absolute atomic E-state index is 0.0357. The maximum Gasteiger partial charge on any atom is 0.247 e. The van der Waals surface area contributed by atoms with Crippen molar-refractivity contribution in [3.63, 3.8) is 0 Å². The number of likely N-dealkylation sites (N-methyl/N-ethyl adjacent to an activating group) is 1. The molecule has 0 fully saturated rings. The van der Waals surface area contributed by atoms with Crippen LogP contribution in [0.3, 0.4) is 0 Å². The van der Waals surface area contributed by atoms with Crippen molar-refractivity contribution < 1.29 is 13.9 Å². The Morgan fingerprint density at radius 2 is 2.09 bits per heavy atom. The number of aromatic nitrogens is 2. The van der Waals surface area contributed by atoms with Gasteiger partial charge in [0.2, 0.25) is 17.7 Å². The minimum Gasteiger partial charge on any atom is -0.419 e. The molecule has 7 heteroatoms. The summed E-state index contributed by atoms with van der Waals surface area (Å²) in [7, 11) is 3.48. The lowest BCUT2D eigenvalue weighted by Gasteiger charge is -2.13. The van der Waals surface area contributed by atoms with Crippen LogP contribution < -0.4 is 5.32 Å². The van der Waals surface area contributed by atoms with Crippen molar-refractivity contribution in [3.8, 4) is 11.5 Å². The Bertz CT molecular complexity index is 600. The average Bonchev–Trinajstić information content (AvgIpc) is 3.00. The Hall–Kier alpha value is -2.25. The number of methoxy groups -OCH3 is 1. The second kappa shape index (κ2) is 9.02. The van der Waals surface area contributed by atoms with Crippen LogP contribution in [0.5, 0.6) is 0 Å². The summed E-state index contributed by atoms with van der Waals surface area (Å²) >= 11 is 0. The third-order valence-electron chi connectivity index (χ3n) is 3.15. The molecule has 1 amide bonds. The fourth-order valence-corrected chi connectivity index (χ4v) is 2.05. The number of carbonyl (C=O) groups excluding carboxylic acids is 1. The maximum absolute atomic E-state index is 11.8. The molecule has 2 aromatic rings. The number of hydrogen-bond acceptors (Lipinski definition) is 6. The van der Waals surface area contributed by atoms with Gasteiger partial charge < -0.3 is 14.5 Å². The highest BCUT2D eigenvalue weighted by Gasteiger charge is 2.12. The molecule has 0 saturated heterocycles. The molecule has 7 nitrogen and oxygen atoms in total. The van der Waals surface area contributed by atoms with Gasteiger partial charge in [0.05, 0.1) is 13.1 Å². The van der Waals surface area contributed by atoms with Crippen LogP contribution >= 0.6 is 0 Å². The second-order valence-electron chi connectivity index (χ2n) is 5.24. The fourth-order valence-electron chi connectivity index (χ4n) is 2.05. The summed E-state index contributed by atoms with van der Waals surface area (Å²) in [6.07, 6.45) is 0.802. The fraction of sp³-hybridized carbons (Fsp3) is 0.438. The lowest BCUT2D eigenvalue weighted by atomic mass is 10.2. The average molecular weight is 318 g/mol. The molecule has 0 unspecified atom stereocenters. The third-order valence-corrected chi connectivity index (χ3v) is 3.15. The number of ether oxygens (including phenoxy) is 1. The van der Waals surface area contributed by atoms with Crippen molar-refractivity contribution in [1.82, 2.24) is 20.4 Å². The van der Waals surface area contributed by atoms with Crippen LogP contribution in [-0.2, 0) is 16.1 Å². The molecule has 0 aliphatic heterocycles. The van der Waals surface area contributed by atoms with E-state index in [-0.39, 0.29) is 12.5 Å². The van der Waals surface area contributed by atoms with Crippen molar-refractivity contribution >= 4 is 5.91 Å². The summed E-state index contributed by atoms with van der Waals surface area (Å²) < 4.78 is 10.6. The SMILES string of the molecule is COCCCNC(=O)CN(C)Cc1nnc(-c2ccccc2)o1. The molecule has 0 aliphatic carbocycles. The molecule has 0 saturated carbocycles. The number of nitrogens with one attached hydrogen (secondary N) is 1.